The highest BCUT2D eigenvalue weighted by Gasteiger charge is 2.65. The molecule has 7 nitrogen and oxygen atoms in total. The molecule has 1 aliphatic rings. The van der Waals surface area contributed by atoms with Gasteiger partial charge in [0.2, 0.25) is 5.91 Å². The highest BCUT2D eigenvalue weighted by Crippen LogP contribution is 2.57. The summed E-state index contributed by atoms with van der Waals surface area (Å²) in [5.74, 6) is -0.561. The van der Waals surface area contributed by atoms with Crippen molar-refractivity contribution in [1.29, 1.82) is 0 Å². The van der Waals surface area contributed by atoms with Gasteiger partial charge in [0.1, 0.15) is 5.41 Å². The van der Waals surface area contributed by atoms with E-state index in [1.165, 1.54) is 0 Å². The number of rotatable bonds is 6. The molecule has 0 N–H and O–H groups in total. The van der Waals surface area contributed by atoms with Gasteiger partial charge in [-0.15, -0.1) is 0 Å². The lowest BCUT2D eigenvalue weighted by Crippen LogP contribution is -2.67. The van der Waals surface area contributed by atoms with E-state index in [0.29, 0.717) is 22.6 Å². The summed E-state index contributed by atoms with van der Waals surface area (Å²) < 4.78 is 27.9. The Morgan fingerprint density at radius 2 is 1.59 bits per heavy atom. The van der Waals surface area contributed by atoms with Crippen molar-refractivity contribution >= 4 is 33.2 Å². The lowest BCUT2D eigenvalue weighted by molar-refractivity contribution is -0.384. The van der Waals surface area contributed by atoms with Gasteiger partial charge in [-0.3, -0.25) is 14.9 Å². The zero-order chi connectivity index (χ0) is 23.1. The van der Waals surface area contributed by atoms with Crippen LogP contribution in [0.5, 0.6) is 0 Å². The number of carbonyl (C=O) groups excluding carboxylic acids is 1. The average Bonchev–Trinajstić information content (AvgIpc) is 2.79. The summed E-state index contributed by atoms with van der Waals surface area (Å²) in [6, 6.07) is 19.5. The van der Waals surface area contributed by atoms with Gasteiger partial charge in [0.15, 0.2) is 0 Å². The summed E-state index contributed by atoms with van der Waals surface area (Å²) in [5, 5.41) is 11.3. The first-order valence-electron chi connectivity index (χ1n) is 9.88. The summed E-state index contributed by atoms with van der Waals surface area (Å²) in [4.78, 5) is 23.7. The number of β-lactam (4-membered cyclic amide) rings is 1. The van der Waals surface area contributed by atoms with E-state index in [2.05, 4.69) is 0 Å². The number of nitro benzene ring substituents is 1. The average molecular weight is 471 g/mol. The van der Waals surface area contributed by atoms with E-state index in [-0.39, 0.29) is 10.6 Å². The third-order valence-electron chi connectivity index (χ3n) is 5.93. The van der Waals surface area contributed by atoms with Crippen molar-refractivity contribution < 1.29 is 18.1 Å². The normalized spacial score (nSPS) is 20.6. The van der Waals surface area contributed by atoms with E-state index in [1.54, 1.807) is 48.5 Å². The van der Waals surface area contributed by atoms with Gasteiger partial charge in [-0.2, -0.15) is 0 Å². The van der Waals surface area contributed by atoms with Crippen LogP contribution in [0.4, 0.5) is 5.69 Å². The van der Waals surface area contributed by atoms with Gasteiger partial charge in [0, 0.05) is 17.2 Å². The molecule has 1 heterocycles. The van der Waals surface area contributed by atoms with Crippen LogP contribution in [0.2, 0.25) is 5.02 Å². The molecule has 3 aromatic rings. The van der Waals surface area contributed by atoms with Crippen LogP contribution < -0.4 is 0 Å². The molecule has 164 valence electrons. The minimum atomic E-state index is -4.29. The maximum absolute atomic E-state index is 13.6. The third-order valence-corrected chi connectivity index (χ3v) is 8.04. The molecule has 4 rings (SSSR count). The highest BCUT2D eigenvalue weighted by molar-refractivity contribution is 7.89. The first-order chi connectivity index (χ1) is 15.2. The van der Waals surface area contributed by atoms with Crippen molar-refractivity contribution in [3.05, 3.63) is 105 Å². The van der Waals surface area contributed by atoms with Crippen LogP contribution in [0.25, 0.3) is 0 Å². The number of hydrogen-bond acceptors (Lipinski definition) is 5. The largest absolute Gasteiger partial charge is 0.273 e. The Balaban J connectivity index is 1.89. The molecule has 9 heteroatoms. The molecular weight excluding hydrogens is 452 g/mol. The van der Waals surface area contributed by atoms with Crippen LogP contribution in [0, 0.1) is 10.1 Å². The van der Waals surface area contributed by atoms with Gasteiger partial charge in [0.25, 0.3) is 15.7 Å². The van der Waals surface area contributed by atoms with Crippen molar-refractivity contribution in [3.63, 3.8) is 0 Å². The van der Waals surface area contributed by atoms with Crippen molar-refractivity contribution in [2.75, 3.05) is 0 Å². The topological polar surface area (TPSA) is 97.6 Å². The zero-order valence-corrected chi connectivity index (χ0v) is 18.6. The van der Waals surface area contributed by atoms with Gasteiger partial charge < -0.3 is 0 Å². The first kappa shape index (κ1) is 22.0. The number of hydrogen-bond donors (Lipinski definition) is 0. The second kappa shape index (κ2) is 8.03. The third kappa shape index (κ3) is 3.18. The fraction of sp³-hybridized carbons (Fsp3) is 0.174. The number of halogens is 1. The molecule has 32 heavy (non-hydrogen) atoms. The lowest BCUT2D eigenvalue weighted by Gasteiger charge is -2.55. The summed E-state index contributed by atoms with van der Waals surface area (Å²) in [7, 11) is -4.29. The van der Waals surface area contributed by atoms with E-state index >= 15 is 0 Å². The van der Waals surface area contributed by atoms with E-state index in [1.807, 2.05) is 13.0 Å². The number of nitrogens with zero attached hydrogens (tertiary/aromatic N) is 2. The molecule has 3 aromatic carbocycles. The summed E-state index contributed by atoms with van der Waals surface area (Å²) in [6.45, 7) is 1.84. The number of sulfonamides is 1. The minimum Gasteiger partial charge on any atom is -0.273 e. The van der Waals surface area contributed by atoms with Crippen LogP contribution in [-0.4, -0.2) is 23.6 Å². The van der Waals surface area contributed by atoms with Gasteiger partial charge >= 0.3 is 0 Å². The second-order valence-corrected chi connectivity index (χ2v) is 9.69. The molecule has 1 saturated heterocycles. The number of amides is 1. The molecular formula is C23H19ClN2O5S. The molecule has 0 aromatic heterocycles. The molecule has 0 spiro atoms. The predicted octanol–water partition coefficient (Wildman–Crippen LogP) is 4.87. The van der Waals surface area contributed by atoms with Crippen molar-refractivity contribution in [3.8, 4) is 0 Å². The maximum Gasteiger partial charge on any atom is 0.269 e. The van der Waals surface area contributed by atoms with Gasteiger partial charge in [-0.25, -0.2) is 12.7 Å². The summed E-state index contributed by atoms with van der Waals surface area (Å²) in [5.41, 5.74) is -0.133. The Hall–Kier alpha value is -3.23. The van der Waals surface area contributed by atoms with Gasteiger partial charge in [-0.05, 0) is 35.7 Å². The Kier molecular flexibility index (Phi) is 5.52. The maximum atomic E-state index is 13.6. The standard InChI is InChI=1S/C23H19ClN2O5S/c1-2-23(16-8-4-3-5-9-16)21(19-10-6-7-11-20(19)24)25(22(23)27)32(30,31)18-14-12-17(13-15-18)26(28)29/h3-15,21H,2H2,1H3/t21?,23-/m0/s1. The Labute approximate surface area is 190 Å². The van der Waals surface area contributed by atoms with Crippen LogP contribution >= 0.6 is 11.6 Å². The van der Waals surface area contributed by atoms with Crippen LogP contribution in [-0.2, 0) is 20.2 Å². The molecule has 0 aliphatic carbocycles. The van der Waals surface area contributed by atoms with Crippen molar-refractivity contribution in [1.82, 2.24) is 4.31 Å². The molecule has 0 saturated carbocycles. The Bertz CT molecular complexity index is 1300. The summed E-state index contributed by atoms with van der Waals surface area (Å²) in [6.07, 6.45) is 0.359. The first-order valence-corrected chi connectivity index (χ1v) is 11.7. The number of non-ortho nitro benzene ring substituents is 1. The molecule has 1 aliphatic heterocycles. The van der Waals surface area contributed by atoms with Crippen molar-refractivity contribution in [2.24, 2.45) is 0 Å². The SMILES string of the molecule is CC[C@@]1(c2ccccc2)C(=O)N(S(=O)(=O)c2ccc([N+](=O)[O-])cc2)C1c1ccccc1Cl. The minimum absolute atomic E-state index is 0.203. The summed E-state index contributed by atoms with van der Waals surface area (Å²) >= 11 is 6.46. The van der Waals surface area contributed by atoms with Crippen LogP contribution in [0.3, 0.4) is 0 Å². The van der Waals surface area contributed by atoms with Crippen LogP contribution in [0.1, 0.15) is 30.5 Å². The van der Waals surface area contributed by atoms with Crippen molar-refractivity contribution in [2.45, 2.75) is 29.7 Å². The molecule has 1 amide bonds. The quantitative estimate of drug-likeness (QED) is 0.291. The fourth-order valence-electron chi connectivity index (χ4n) is 4.32. The molecule has 0 radical (unpaired) electrons. The van der Waals surface area contributed by atoms with E-state index in [0.717, 1.165) is 28.6 Å². The second-order valence-electron chi connectivity index (χ2n) is 7.47. The van der Waals surface area contributed by atoms with E-state index < -0.39 is 32.3 Å². The Morgan fingerprint density at radius 1 is 1.00 bits per heavy atom. The number of benzene rings is 3. The smallest absolute Gasteiger partial charge is 0.269 e. The van der Waals surface area contributed by atoms with Gasteiger partial charge in [-0.1, -0.05) is 67.1 Å². The van der Waals surface area contributed by atoms with Crippen LogP contribution in [0.15, 0.2) is 83.8 Å². The molecule has 1 unspecified atom stereocenters. The van der Waals surface area contributed by atoms with E-state index in [4.69, 9.17) is 11.6 Å². The molecule has 0 bridgehead atoms. The fourth-order valence-corrected chi connectivity index (χ4v) is 6.22. The molecule has 2 atom stereocenters. The predicted molar refractivity (Wildman–Crippen MR) is 120 cm³/mol. The number of nitro groups is 1. The highest BCUT2D eigenvalue weighted by atomic mass is 35.5. The number of carbonyl (C=O) groups is 1. The van der Waals surface area contributed by atoms with Gasteiger partial charge in [0.05, 0.1) is 15.9 Å². The Morgan fingerprint density at radius 3 is 2.16 bits per heavy atom. The van der Waals surface area contributed by atoms with E-state index in [9.17, 15) is 23.3 Å². The lowest BCUT2D eigenvalue weighted by atomic mass is 9.63. The molecule has 1 fully saturated rings. The zero-order valence-electron chi connectivity index (χ0n) is 17.0. The monoisotopic (exact) mass is 470 g/mol.